The average molecular weight is 256 g/mol. The molecule has 102 valence electrons. The molecule has 0 fully saturated rings. The molecule has 19 heavy (non-hydrogen) atoms. The Hall–Kier alpha value is -1.54. The van der Waals surface area contributed by atoms with Crippen molar-refractivity contribution in [3.05, 3.63) is 59.9 Å². The Kier molecular flexibility index (Phi) is 5.22. The molecule has 0 radical (unpaired) electrons. The predicted octanol–water partition coefficient (Wildman–Crippen LogP) is 3.99. The highest BCUT2D eigenvalue weighted by Crippen LogP contribution is 2.18. The average Bonchev–Trinajstić information content (AvgIpc) is 2.92. The summed E-state index contributed by atoms with van der Waals surface area (Å²) >= 11 is 0. The van der Waals surface area contributed by atoms with Crippen molar-refractivity contribution < 1.29 is 0 Å². The summed E-state index contributed by atoms with van der Waals surface area (Å²) < 4.78 is 2.28. The zero-order chi connectivity index (χ0) is 13.5. The molecule has 1 heterocycles. The predicted molar refractivity (Wildman–Crippen MR) is 81.3 cm³/mol. The van der Waals surface area contributed by atoms with Gasteiger partial charge in [0.1, 0.15) is 0 Å². The molecule has 0 saturated heterocycles. The number of unbranched alkanes of at least 4 members (excludes halogenated alkanes) is 1. The van der Waals surface area contributed by atoms with Gasteiger partial charge in [-0.05, 0) is 37.1 Å². The minimum atomic E-state index is 0.394. The lowest BCUT2D eigenvalue weighted by molar-refractivity contribution is 0.626. The lowest BCUT2D eigenvalue weighted by atomic mass is 10.1. The summed E-state index contributed by atoms with van der Waals surface area (Å²) in [4.78, 5) is 0. The Morgan fingerprint density at radius 1 is 1.16 bits per heavy atom. The van der Waals surface area contributed by atoms with Crippen LogP contribution in [0.3, 0.4) is 0 Å². The maximum Gasteiger partial charge on any atom is 0.0551 e. The monoisotopic (exact) mass is 256 g/mol. The van der Waals surface area contributed by atoms with E-state index in [1.165, 1.54) is 24.0 Å². The normalized spacial score (nSPS) is 12.5. The fourth-order valence-electron chi connectivity index (χ4n) is 2.24. The standard InChI is InChI=1S/C17H24N2/c1-3-4-11-18-13-16-10-12-19(14-16)15(2)17-8-6-5-7-9-17/h5-10,12,14-15,18H,3-4,11,13H2,1-2H3/t15-/m0/s1. The first-order chi connectivity index (χ1) is 9.31. The summed E-state index contributed by atoms with van der Waals surface area (Å²) in [6.45, 7) is 6.54. The number of aromatic nitrogens is 1. The molecule has 0 aliphatic heterocycles. The number of benzene rings is 1. The SMILES string of the molecule is CCCCNCc1ccn([C@@H](C)c2ccccc2)c1. The van der Waals surface area contributed by atoms with Crippen molar-refractivity contribution in [3.8, 4) is 0 Å². The molecule has 0 amide bonds. The van der Waals surface area contributed by atoms with E-state index in [1.54, 1.807) is 0 Å². The van der Waals surface area contributed by atoms with Crippen LogP contribution in [0.4, 0.5) is 0 Å². The fraction of sp³-hybridized carbons (Fsp3) is 0.412. The van der Waals surface area contributed by atoms with Gasteiger partial charge in [-0.1, -0.05) is 43.7 Å². The van der Waals surface area contributed by atoms with Crippen molar-refractivity contribution in [2.75, 3.05) is 6.54 Å². The molecule has 2 nitrogen and oxygen atoms in total. The van der Waals surface area contributed by atoms with Gasteiger partial charge in [0.2, 0.25) is 0 Å². The first-order valence-electron chi connectivity index (χ1n) is 7.23. The molecule has 0 bridgehead atoms. The van der Waals surface area contributed by atoms with E-state index in [2.05, 4.69) is 72.5 Å². The molecule has 2 rings (SSSR count). The summed E-state index contributed by atoms with van der Waals surface area (Å²) in [5, 5.41) is 3.48. The van der Waals surface area contributed by atoms with Crippen molar-refractivity contribution in [3.63, 3.8) is 0 Å². The molecule has 1 N–H and O–H groups in total. The minimum Gasteiger partial charge on any atom is -0.347 e. The van der Waals surface area contributed by atoms with Crippen LogP contribution >= 0.6 is 0 Å². The topological polar surface area (TPSA) is 17.0 Å². The smallest absolute Gasteiger partial charge is 0.0551 e. The second kappa shape index (κ2) is 7.15. The molecular formula is C17H24N2. The van der Waals surface area contributed by atoms with Gasteiger partial charge in [0.15, 0.2) is 0 Å². The molecule has 1 aromatic heterocycles. The van der Waals surface area contributed by atoms with Crippen molar-refractivity contribution >= 4 is 0 Å². The zero-order valence-electron chi connectivity index (χ0n) is 12.0. The third-order valence-corrected chi connectivity index (χ3v) is 3.54. The largest absolute Gasteiger partial charge is 0.347 e. The van der Waals surface area contributed by atoms with E-state index in [1.807, 2.05) is 0 Å². The quantitative estimate of drug-likeness (QED) is 0.741. The highest BCUT2D eigenvalue weighted by atomic mass is 15.0. The van der Waals surface area contributed by atoms with E-state index in [4.69, 9.17) is 0 Å². The van der Waals surface area contributed by atoms with Crippen LogP contribution in [0.2, 0.25) is 0 Å². The van der Waals surface area contributed by atoms with Gasteiger partial charge >= 0.3 is 0 Å². The molecule has 0 aliphatic rings. The summed E-state index contributed by atoms with van der Waals surface area (Å²) in [6.07, 6.45) is 6.92. The van der Waals surface area contributed by atoms with Crippen LogP contribution in [0.5, 0.6) is 0 Å². The Labute approximate surface area is 116 Å². The van der Waals surface area contributed by atoms with E-state index in [0.29, 0.717) is 6.04 Å². The van der Waals surface area contributed by atoms with Gasteiger partial charge in [0.05, 0.1) is 6.04 Å². The zero-order valence-corrected chi connectivity index (χ0v) is 12.0. The van der Waals surface area contributed by atoms with Gasteiger partial charge in [0.25, 0.3) is 0 Å². The van der Waals surface area contributed by atoms with Crippen molar-refractivity contribution in [1.82, 2.24) is 9.88 Å². The fourth-order valence-corrected chi connectivity index (χ4v) is 2.24. The number of nitrogens with one attached hydrogen (secondary N) is 1. The maximum absolute atomic E-state index is 3.48. The van der Waals surface area contributed by atoms with Crippen molar-refractivity contribution in [2.24, 2.45) is 0 Å². The molecule has 0 unspecified atom stereocenters. The maximum atomic E-state index is 3.48. The molecular weight excluding hydrogens is 232 g/mol. The summed E-state index contributed by atoms with van der Waals surface area (Å²) in [5.74, 6) is 0. The molecule has 1 aromatic carbocycles. The van der Waals surface area contributed by atoms with Crippen LogP contribution < -0.4 is 5.32 Å². The first kappa shape index (κ1) is 13.9. The van der Waals surface area contributed by atoms with Gasteiger partial charge < -0.3 is 9.88 Å². The molecule has 1 atom stereocenters. The van der Waals surface area contributed by atoms with E-state index in [9.17, 15) is 0 Å². The summed E-state index contributed by atoms with van der Waals surface area (Å²) in [6, 6.07) is 13.2. The van der Waals surface area contributed by atoms with Gasteiger partial charge in [0, 0.05) is 18.9 Å². The minimum absolute atomic E-state index is 0.394. The van der Waals surface area contributed by atoms with Crippen LogP contribution in [0, 0.1) is 0 Å². The second-order valence-corrected chi connectivity index (χ2v) is 5.08. The van der Waals surface area contributed by atoms with Crippen molar-refractivity contribution in [2.45, 2.75) is 39.3 Å². The number of hydrogen-bond acceptors (Lipinski definition) is 1. The Balaban J connectivity index is 1.93. The highest BCUT2D eigenvalue weighted by Gasteiger charge is 2.06. The highest BCUT2D eigenvalue weighted by molar-refractivity contribution is 5.21. The third-order valence-electron chi connectivity index (χ3n) is 3.54. The van der Waals surface area contributed by atoms with Crippen LogP contribution in [0.25, 0.3) is 0 Å². The van der Waals surface area contributed by atoms with Crippen LogP contribution in [-0.4, -0.2) is 11.1 Å². The van der Waals surface area contributed by atoms with Gasteiger partial charge in [-0.2, -0.15) is 0 Å². The number of hydrogen-bond donors (Lipinski definition) is 1. The molecule has 2 aromatic rings. The number of rotatable bonds is 7. The molecule has 0 saturated carbocycles. The van der Waals surface area contributed by atoms with Gasteiger partial charge in [-0.25, -0.2) is 0 Å². The lowest BCUT2D eigenvalue weighted by Gasteiger charge is -2.13. The van der Waals surface area contributed by atoms with Crippen molar-refractivity contribution in [1.29, 1.82) is 0 Å². The van der Waals surface area contributed by atoms with E-state index in [-0.39, 0.29) is 0 Å². The molecule has 0 aliphatic carbocycles. The lowest BCUT2D eigenvalue weighted by Crippen LogP contribution is -2.14. The van der Waals surface area contributed by atoms with Crippen LogP contribution in [0.15, 0.2) is 48.8 Å². The molecule has 2 heteroatoms. The van der Waals surface area contributed by atoms with Crippen LogP contribution in [0.1, 0.15) is 43.9 Å². The van der Waals surface area contributed by atoms with Gasteiger partial charge in [-0.3, -0.25) is 0 Å². The number of nitrogens with zero attached hydrogens (tertiary/aromatic N) is 1. The Morgan fingerprint density at radius 3 is 2.68 bits per heavy atom. The third kappa shape index (κ3) is 3.97. The van der Waals surface area contributed by atoms with Gasteiger partial charge in [-0.15, -0.1) is 0 Å². The van der Waals surface area contributed by atoms with Crippen LogP contribution in [-0.2, 0) is 6.54 Å². The van der Waals surface area contributed by atoms with E-state index in [0.717, 1.165) is 13.1 Å². The molecule has 0 spiro atoms. The summed E-state index contributed by atoms with van der Waals surface area (Å²) in [7, 11) is 0. The Morgan fingerprint density at radius 2 is 1.95 bits per heavy atom. The first-order valence-corrected chi connectivity index (χ1v) is 7.23. The van der Waals surface area contributed by atoms with E-state index >= 15 is 0 Å². The second-order valence-electron chi connectivity index (χ2n) is 5.08. The summed E-state index contributed by atoms with van der Waals surface area (Å²) in [5.41, 5.74) is 2.71. The Bertz CT molecular complexity index is 473. The van der Waals surface area contributed by atoms with E-state index < -0.39 is 0 Å².